The van der Waals surface area contributed by atoms with Gasteiger partial charge in [0.1, 0.15) is 6.04 Å². The number of nitrogens with zero attached hydrogens (tertiary/aromatic N) is 1. The monoisotopic (exact) mass is 367 g/mol. The van der Waals surface area contributed by atoms with Crippen LogP contribution in [0, 0.1) is 0 Å². The molecule has 0 aliphatic carbocycles. The van der Waals surface area contributed by atoms with E-state index in [9.17, 15) is 0 Å². The lowest BCUT2D eigenvalue weighted by Gasteiger charge is -2.37. The molecule has 1 aromatic carbocycles. The van der Waals surface area contributed by atoms with Gasteiger partial charge >= 0.3 is 0 Å². The predicted octanol–water partition coefficient (Wildman–Crippen LogP) is 4.14. The fourth-order valence-corrected chi connectivity index (χ4v) is 3.64. The van der Waals surface area contributed by atoms with Crippen molar-refractivity contribution in [2.75, 3.05) is 20.6 Å². The molecule has 0 N–H and O–H groups in total. The quantitative estimate of drug-likeness (QED) is 0.342. The maximum Gasteiger partial charge on any atom is 0.114 e. The van der Waals surface area contributed by atoms with Gasteiger partial charge in [-0.15, -0.1) is 0 Å². The highest BCUT2D eigenvalue weighted by atomic mass is 35.5. The predicted molar refractivity (Wildman–Crippen MR) is 108 cm³/mol. The Morgan fingerprint density at radius 2 is 1.20 bits per heavy atom. The summed E-state index contributed by atoms with van der Waals surface area (Å²) in [4.78, 5) is 0. The van der Waals surface area contributed by atoms with Gasteiger partial charge in [0.15, 0.2) is 0 Å². The van der Waals surface area contributed by atoms with Gasteiger partial charge in [-0.3, -0.25) is 0 Å². The second-order valence-corrected chi connectivity index (χ2v) is 7.99. The van der Waals surface area contributed by atoms with Crippen molar-refractivity contribution < 1.29 is 16.9 Å². The largest absolute Gasteiger partial charge is 1.00 e. The normalized spacial score (nSPS) is 12.6. The molecule has 0 aromatic heterocycles. The third-order valence-electron chi connectivity index (χ3n) is 5.67. The van der Waals surface area contributed by atoms with E-state index < -0.39 is 0 Å². The van der Waals surface area contributed by atoms with Crippen LogP contribution >= 0.6 is 0 Å². The van der Waals surface area contributed by atoms with Crippen LogP contribution in [0.5, 0.6) is 0 Å². The zero-order valence-corrected chi connectivity index (χ0v) is 18.0. The van der Waals surface area contributed by atoms with Crippen LogP contribution < -0.4 is 12.4 Å². The first kappa shape index (κ1) is 24.5. The molecule has 146 valence electrons. The Labute approximate surface area is 164 Å². The molecule has 1 aromatic rings. The van der Waals surface area contributed by atoms with Crippen molar-refractivity contribution >= 4 is 0 Å². The smallest absolute Gasteiger partial charge is 0.114 e. The first-order valence-electron chi connectivity index (χ1n) is 10.5. The first-order chi connectivity index (χ1) is 11.6. The number of benzene rings is 1. The Hall–Kier alpha value is -0.530. The van der Waals surface area contributed by atoms with Crippen molar-refractivity contribution in [2.24, 2.45) is 0 Å². The molecule has 0 saturated heterocycles. The average Bonchev–Trinajstić information content (AvgIpc) is 2.60. The molecule has 2 heteroatoms. The fourth-order valence-electron chi connectivity index (χ4n) is 3.64. The van der Waals surface area contributed by atoms with Gasteiger partial charge in [-0.05, 0) is 13.3 Å². The minimum atomic E-state index is 0. The van der Waals surface area contributed by atoms with Crippen molar-refractivity contribution in [3.8, 4) is 0 Å². The van der Waals surface area contributed by atoms with Crippen LogP contribution in [0.25, 0.3) is 0 Å². The van der Waals surface area contributed by atoms with Gasteiger partial charge in [-0.2, -0.15) is 0 Å². The van der Waals surface area contributed by atoms with Crippen LogP contribution in [-0.2, 0) is 0 Å². The molecule has 0 aliphatic rings. The van der Waals surface area contributed by atoms with E-state index in [1.807, 2.05) is 0 Å². The van der Waals surface area contributed by atoms with Crippen molar-refractivity contribution in [3.63, 3.8) is 0 Å². The minimum Gasteiger partial charge on any atom is -1.00 e. The van der Waals surface area contributed by atoms with E-state index in [0.29, 0.717) is 6.04 Å². The molecular formula is C23H42ClN. The summed E-state index contributed by atoms with van der Waals surface area (Å²) < 4.78 is 1.10. The number of rotatable bonds is 14. The van der Waals surface area contributed by atoms with E-state index in [1.165, 1.54) is 82.7 Å². The summed E-state index contributed by atoms with van der Waals surface area (Å²) in [5.41, 5.74) is 1.51. The van der Waals surface area contributed by atoms with E-state index in [0.717, 1.165) is 4.48 Å². The van der Waals surface area contributed by atoms with E-state index in [4.69, 9.17) is 0 Å². The zero-order valence-electron chi connectivity index (χ0n) is 17.3. The molecule has 0 amide bonds. The second kappa shape index (κ2) is 14.6. The summed E-state index contributed by atoms with van der Waals surface area (Å²) in [7, 11) is 4.77. The maximum absolute atomic E-state index is 2.38. The summed E-state index contributed by atoms with van der Waals surface area (Å²) in [5.74, 6) is 0. The van der Waals surface area contributed by atoms with Crippen LogP contribution in [0.1, 0.15) is 96.1 Å². The molecule has 25 heavy (non-hydrogen) atoms. The summed E-state index contributed by atoms with van der Waals surface area (Å²) in [5, 5.41) is 0. The Morgan fingerprint density at radius 1 is 0.720 bits per heavy atom. The van der Waals surface area contributed by atoms with Gasteiger partial charge in [-0.1, -0.05) is 95.0 Å². The van der Waals surface area contributed by atoms with Crippen LogP contribution in [0.15, 0.2) is 30.3 Å². The van der Waals surface area contributed by atoms with Gasteiger partial charge in [0.2, 0.25) is 0 Å². The summed E-state index contributed by atoms with van der Waals surface area (Å²) in [6, 6.07) is 11.8. The average molecular weight is 368 g/mol. The third kappa shape index (κ3) is 10.3. The Morgan fingerprint density at radius 3 is 1.68 bits per heavy atom. The molecule has 0 heterocycles. The summed E-state index contributed by atoms with van der Waals surface area (Å²) in [6.45, 7) is 5.80. The van der Waals surface area contributed by atoms with E-state index in [2.05, 4.69) is 58.3 Å². The lowest BCUT2D eigenvalue weighted by molar-refractivity contribution is -0.920. The Kier molecular flexibility index (Phi) is 14.3. The summed E-state index contributed by atoms with van der Waals surface area (Å²) in [6.07, 6.45) is 15.5. The highest BCUT2D eigenvalue weighted by molar-refractivity contribution is 5.17. The molecule has 1 unspecified atom stereocenters. The molecule has 0 aliphatic heterocycles. The van der Waals surface area contributed by atoms with Crippen molar-refractivity contribution in [1.29, 1.82) is 0 Å². The highest BCUT2D eigenvalue weighted by Crippen LogP contribution is 2.30. The molecule has 1 nitrogen and oxygen atoms in total. The van der Waals surface area contributed by atoms with Gasteiger partial charge in [-0.25, -0.2) is 0 Å². The van der Waals surface area contributed by atoms with Gasteiger partial charge in [0, 0.05) is 12.0 Å². The van der Waals surface area contributed by atoms with E-state index >= 15 is 0 Å². The Bertz CT molecular complexity index is 402. The number of halogens is 1. The van der Waals surface area contributed by atoms with Gasteiger partial charge in [0.25, 0.3) is 0 Å². The van der Waals surface area contributed by atoms with Crippen molar-refractivity contribution in [3.05, 3.63) is 35.9 Å². The molecule has 0 bridgehead atoms. The third-order valence-corrected chi connectivity index (χ3v) is 5.67. The van der Waals surface area contributed by atoms with Crippen LogP contribution in [0.3, 0.4) is 0 Å². The summed E-state index contributed by atoms with van der Waals surface area (Å²) >= 11 is 0. The molecule has 0 fully saturated rings. The maximum atomic E-state index is 2.38. The molecule has 0 spiro atoms. The molecule has 0 radical (unpaired) electrons. The van der Waals surface area contributed by atoms with E-state index in [-0.39, 0.29) is 12.4 Å². The lowest BCUT2D eigenvalue weighted by Crippen LogP contribution is -3.00. The number of hydrogen-bond donors (Lipinski definition) is 0. The van der Waals surface area contributed by atoms with Gasteiger partial charge < -0.3 is 16.9 Å². The van der Waals surface area contributed by atoms with Gasteiger partial charge in [0.05, 0.1) is 20.6 Å². The number of hydrogen-bond acceptors (Lipinski definition) is 0. The Balaban J connectivity index is 0.00000576. The van der Waals surface area contributed by atoms with Crippen LogP contribution in [-0.4, -0.2) is 25.1 Å². The van der Waals surface area contributed by atoms with Crippen molar-refractivity contribution in [1.82, 2.24) is 0 Å². The SMILES string of the molecule is CCCCCCCCCCCCC(c1ccccc1)[N+](C)(C)CC.[Cl-]. The number of unbranched alkanes of at least 4 members (excludes halogenated alkanes) is 9. The molecule has 0 saturated carbocycles. The molecule has 1 atom stereocenters. The topological polar surface area (TPSA) is 0 Å². The van der Waals surface area contributed by atoms with Crippen molar-refractivity contribution in [2.45, 2.75) is 90.5 Å². The first-order valence-corrected chi connectivity index (χ1v) is 10.5. The zero-order chi connectivity index (χ0) is 17.7. The second-order valence-electron chi connectivity index (χ2n) is 7.99. The molecular weight excluding hydrogens is 326 g/mol. The number of quaternary nitrogens is 1. The fraction of sp³-hybridized carbons (Fsp3) is 0.739. The minimum absolute atomic E-state index is 0. The van der Waals surface area contributed by atoms with E-state index in [1.54, 1.807) is 0 Å². The lowest BCUT2D eigenvalue weighted by atomic mass is 9.96. The standard InChI is InChI=1S/C23H42N.ClH/c1-5-7-8-9-10-11-12-13-14-18-21-23(24(3,4)6-2)22-19-16-15-17-20-22;/h15-17,19-20,23H,5-14,18,21H2,1-4H3;1H/q+1;/p-1. The highest BCUT2D eigenvalue weighted by Gasteiger charge is 2.27. The van der Waals surface area contributed by atoms with Crippen LogP contribution in [0.4, 0.5) is 0 Å². The van der Waals surface area contributed by atoms with Crippen LogP contribution in [0.2, 0.25) is 0 Å². The molecule has 1 rings (SSSR count).